The van der Waals surface area contributed by atoms with E-state index in [0.29, 0.717) is 13.2 Å². The molecule has 0 aliphatic carbocycles. The van der Waals surface area contributed by atoms with Gasteiger partial charge in [0.25, 0.3) is 0 Å². The van der Waals surface area contributed by atoms with E-state index in [-0.39, 0.29) is 17.9 Å². The maximum absolute atomic E-state index is 12.1. The van der Waals surface area contributed by atoms with Gasteiger partial charge < -0.3 is 15.8 Å². The van der Waals surface area contributed by atoms with E-state index in [4.69, 9.17) is 10.5 Å². The van der Waals surface area contributed by atoms with Crippen LogP contribution in [0.2, 0.25) is 0 Å². The fraction of sp³-hybridized carbons (Fsp3) is 0.500. The molecule has 2 atom stereocenters. The van der Waals surface area contributed by atoms with Gasteiger partial charge in [0.05, 0.1) is 5.92 Å². The zero-order valence-corrected chi connectivity index (χ0v) is 10.7. The predicted molar refractivity (Wildman–Crippen MR) is 70.4 cm³/mol. The molecule has 1 heterocycles. The smallest absolute Gasteiger partial charge is 0.227 e. The van der Waals surface area contributed by atoms with E-state index in [9.17, 15) is 4.79 Å². The van der Waals surface area contributed by atoms with Crippen molar-refractivity contribution in [1.29, 1.82) is 0 Å². The standard InChI is InChI=1S/C14H20N2O2/c1-2-12(8-15)16-14(17)11-7-10-5-3-4-6-13(10)18-9-11/h3-6,11-12H,2,7-9,15H2,1H3,(H,16,17). The highest BCUT2D eigenvalue weighted by Crippen LogP contribution is 2.26. The third-order valence-corrected chi connectivity index (χ3v) is 3.37. The van der Waals surface area contributed by atoms with E-state index < -0.39 is 0 Å². The van der Waals surface area contributed by atoms with Crippen LogP contribution in [0, 0.1) is 5.92 Å². The lowest BCUT2D eigenvalue weighted by Gasteiger charge is -2.26. The molecular weight excluding hydrogens is 228 g/mol. The van der Waals surface area contributed by atoms with Gasteiger partial charge in [-0.25, -0.2) is 0 Å². The highest BCUT2D eigenvalue weighted by Gasteiger charge is 2.26. The van der Waals surface area contributed by atoms with Gasteiger partial charge in [-0.05, 0) is 24.5 Å². The second-order valence-corrected chi connectivity index (χ2v) is 4.67. The van der Waals surface area contributed by atoms with E-state index in [2.05, 4.69) is 5.32 Å². The quantitative estimate of drug-likeness (QED) is 0.838. The number of nitrogens with one attached hydrogen (secondary N) is 1. The van der Waals surface area contributed by atoms with Crippen molar-refractivity contribution in [3.63, 3.8) is 0 Å². The Morgan fingerprint density at radius 2 is 2.33 bits per heavy atom. The molecule has 2 unspecified atom stereocenters. The topological polar surface area (TPSA) is 64.3 Å². The summed E-state index contributed by atoms with van der Waals surface area (Å²) in [4.78, 5) is 12.1. The van der Waals surface area contributed by atoms with Crippen molar-refractivity contribution in [2.75, 3.05) is 13.2 Å². The maximum atomic E-state index is 12.1. The molecule has 2 rings (SSSR count). The Morgan fingerprint density at radius 1 is 1.56 bits per heavy atom. The Kier molecular flexibility index (Phi) is 4.20. The fourth-order valence-corrected chi connectivity index (χ4v) is 2.14. The Balaban J connectivity index is 1.98. The number of hydrogen-bond acceptors (Lipinski definition) is 3. The molecule has 1 aromatic carbocycles. The van der Waals surface area contributed by atoms with Gasteiger partial charge >= 0.3 is 0 Å². The summed E-state index contributed by atoms with van der Waals surface area (Å²) in [6.07, 6.45) is 1.59. The van der Waals surface area contributed by atoms with Gasteiger partial charge in [0.1, 0.15) is 12.4 Å². The zero-order valence-electron chi connectivity index (χ0n) is 10.7. The summed E-state index contributed by atoms with van der Waals surface area (Å²) in [7, 11) is 0. The van der Waals surface area contributed by atoms with Crippen LogP contribution in [0.1, 0.15) is 18.9 Å². The average Bonchev–Trinajstić information content (AvgIpc) is 2.44. The van der Waals surface area contributed by atoms with Crippen LogP contribution < -0.4 is 15.8 Å². The van der Waals surface area contributed by atoms with E-state index in [1.165, 1.54) is 0 Å². The summed E-state index contributed by atoms with van der Waals surface area (Å²) in [6, 6.07) is 7.93. The molecule has 0 fully saturated rings. The minimum atomic E-state index is -0.111. The van der Waals surface area contributed by atoms with Crippen molar-refractivity contribution in [3.8, 4) is 5.75 Å². The maximum Gasteiger partial charge on any atom is 0.227 e. The molecule has 0 saturated heterocycles. The molecular formula is C14H20N2O2. The molecule has 1 amide bonds. The Morgan fingerprint density at radius 3 is 3.06 bits per heavy atom. The van der Waals surface area contributed by atoms with Gasteiger partial charge in [0.2, 0.25) is 5.91 Å². The van der Waals surface area contributed by atoms with E-state index in [1.807, 2.05) is 31.2 Å². The second-order valence-electron chi connectivity index (χ2n) is 4.67. The normalized spacial score (nSPS) is 19.6. The number of nitrogens with two attached hydrogens (primary N) is 1. The number of amides is 1. The number of hydrogen-bond donors (Lipinski definition) is 2. The van der Waals surface area contributed by atoms with Crippen molar-refractivity contribution in [2.45, 2.75) is 25.8 Å². The summed E-state index contributed by atoms with van der Waals surface area (Å²) in [6.45, 7) is 2.95. The molecule has 1 aliphatic heterocycles. The largest absolute Gasteiger partial charge is 0.492 e. The minimum absolute atomic E-state index is 0.0433. The van der Waals surface area contributed by atoms with Crippen molar-refractivity contribution in [2.24, 2.45) is 11.7 Å². The summed E-state index contributed by atoms with van der Waals surface area (Å²) in [5, 5.41) is 2.97. The van der Waals surface area contributed by atoms with E-state index in [0.717, 1.165) is 24.2 Å². The van der Waals surface area contributed by atoms with Crippen LogP contribution in [0.4, 0.5) is 0 Å². The number of fused-ring (bicyclic) bond motifs is 1. The van der Waals surface area contributed by atoms with Crippen molar-refractivity contribution < 1.29 is 9.53 Å². The SMILES string of the molecule is CCC(CN)NC(=O)C1COc2ccccc2C1. The van der Waals surface area contributed by atoms with Crippen LogP contribution in [0.25, 0.3) is 0 Å². The number of ether oxygens (including phenoxy) is 1. The first-order chi connectivity index (χ1) is 8.74. The van der Waals surface area contributed by atoms with Crippen LogP contribution in [-0.4, -0.2) is 25.1 Å². The fourth-order valence-electron chi connectivity index (χ4n) is 2.14. The average molecular weight is 248 g/mol. The first-order valence-electron chi connectivity index (χ1n) is 6.45. The van der Waals surface area contributed by atoms with Crippen LogP contribution in [-0.2, 0) is 11.2 Å². The Labute approximate surface area is 108 Å². The number of rotatable bonds is 4. The summed E-state index contributed by atoms with van der Waals surface area (Å²) in [5.74, 6) is 0.828. The van der Waals surface area contributed by atoms with Crippen molar-refractivity contribution in [1.82, 2.24) is 5.32 Å². The Hall–Kier alpha value is -1.55. The first kappa shape index (κ1) is 12.9. The summed E-state index contributed by atoms with van der Waals surface area (Å²) < 4.78 is 5.61. The van der Waals surface area contributed by atoms with Crippen molar-refractivity contribution >= 4 is 5.91 Å². The number of para-hydroxylation sites is 1. The zero-order chi connectivity index (χ0) is 13.0. The highest BCUT2D eigenvalue weighted by atomic mass is 16.5. The van der Waals surface area contributed by atoms with Gasteiger partial charge in [-0.2, -0.15) is 0 Å². The molecule has 1 aliphatic rings. The van der Waals surface area contributed by atoms with Crippen LogP contribution in [0.3, 0.4) is 0 Å². The van der Waals surface area contributed by atoms with Crippen LogP contribution in [0.15, 0.2) is 24.3 Å². The molecule has 0 saturated carbocycles. The molecule has 4 nitrogen and oxygen atoms in total. The molecule has 3 N–H and O–H groups in total. The lowest BCUT2D eigenvalue weighted by atomic mass is 9.95. The lowest BCUT2D eigenvalue weighted by Crippen LogP contribution is -2.45. The summed E-state index contributed by atoms with van der Waals surface area (Å²) >= 11 is 0. The molecule has 18 heavy (non-hydrogen) atoms. The third-order valence-electron chi connectivity index (χ3n) is 3.37. The Bertz CT molecular complexity index is 416. The van der Waals surface area contributed by atoms with Crippen LogP contribution in [0.5, 0.6) is 5.75 Å². The van der Waals surface area contributed by atoms with Gasteiger partial charge in [0.15, 0.2) is 0 Å². The molecule has 1 aromatic rings. The van der Waals surface area contributed by atoms with Gasteiger partial charge in [-0.3, -0.25) is 4.79 Å². The van der Waals surface area contributed by atoms with Gasteiger partial charge in [0, 0.05) is 12.6 Å². The number of carbonyl (C=O) groups excluding carboxylic acids is 1. The molecule has 0 bridgehead atoms. The molecule has 98 valence electrons. The monoisotopic (exact) mass is 248 g/mol. The molecule has 4 heteroatoms. The van der Waals surface area contributed by atoms with E-state index in [1.54, 1.807) is 0 Å². The first-order valence-corrected chi connectivity index (χ1v) is 6.45. The van der Waals surface area contributed by atoms with Crippen molar-refractivity contribution in [3.05, 3.63) is 29.8 Å². The second kappa shape index (κ2) is 5.87. The highest BCUT2D eigenvalue weighted by molar-refractivity contribution is 5.79. The lowest BCUT2D eigenvalue weighted by molar-refractivity contribution is -0.127. The molecule has 0 radical (unpaired) electrons. The molecule has 0 spiro atoms. The molecule has 0 aromatic heterocycles. The third kappa shape index (κ3) is 2.82. The summed E-state index contributed by atoms with van der Waals surface area (Å²) in [5.41, 5.74) is 6.69. The van der Waals surface area contributed by atoms with Crippen LogP contribution >= 0.6 is 0 Å². The van der Waals surface area contributed by atoms with Gasteiger partial charge in [-0.1, -0.05) is 25.1 Å². The van der Waals surface area contributed by atoms with Gasteiger partial charge in [-0.15, -0.1) is 0 Å². The van der Waals surface area contributed by atoms with E-state index >= 15 is 0 Å². The number of carbonyl (C=O) groups is 1. The predicted octanol–water partition coefficient (Wildman–Crippen LogP) is 1.09. The minimum Gasteiger partial charge on any atom is -0.492 e. The number of benzene rings is 1.